The van der Waals surface area contributed by atoms with E-state index in [1.54, 1.807) is 24.3 Å². The van der Waals surface area contributed by atoms with E-state index in [-0.39, 0.29) is 18.4 Å². The van der Waals surface area contributed by atoms with Crippen LogP contribution in [0.2, 0.25) is 0 Å². The highest BCUT2D eigenvalue weighted by Gasteiger charge is 2.08. The van der Waals surface area contributed by atoms with Gasteiger partial charge in [-0.2, -0.15) is 0 Å². The van der Waals surface area contributed by atoms with Crippen LogP contribution in [0.25, 0.3) is 0 Å². The Bertz CT molecular complexity index is 656. The number of carbonyl (C=O) groups excluding carboxylic acids is 2. The summed E-state index contributed by atoms with van der Waals surface area (Å²) in [6.07, 6.45) is 0.771. The maximum atomic E-state index is 11.9. The third-order valence-electron chi connectivity index (χ3n) is 3.05. The number of benzene rings is 2. The summed E-state index contributed by atoms with van der Waals surface area (Å²) in [4.78, 5) is 23.8. The van der Waals surface area contributed by atoms with Crippen molar-refractivity contribution in [3.63, 3.8) is 0 Å². The first-order valence-electron chi connectivity index (χ1n) is 7.55. The smallest absolute Gasteiger partial charge is 0.338 e. The number of rotatable bonds is 7. The number of nitrogens with one attached hydrogen (secondary N) is 2. The maximum absolute atomic E-state index is 11.9. The number of anilines is 2. The molecule has 2 rings (SSSR count). The van der Waals surface area contributed by atoms with Gasteiger partial charge in [0, 0.05) is 11.4 Å². The van der Waals surface area contributed by atoms with Gasteiger partial charge >= 0.3 is 5.97 Å². The Kier molecular flexibility index (Phi) is 6.17. The number of ether oxygens (including phenoxy) is 1. The van der Waals surface area contributed by atoms with Gasteiger partial charge < -0.3 is 15.4 Å². The average molecular weight is 312 g/mol. The minimum atomic E-state index is -0.384. The zero-order chi connectivity index (χ0) is 16.5. The third kappa shape index (κ3) is 5.47. The second kappa shape index (κ2) is 8.58. The van der Waals surface area contributed by atoms with E-state index >= 15 is 0 Å². The molecule has 120 valence electrons. The molecule has 0 heterocycles. The molecular formula is C18H20N2O3. The molecule has 0 aliphatic rings. The van der Waals surface area contributed by atoms with Crippen molar-refractivity contribution in [1.29, 1.82) is 0 Å². The lowest BCUT2D eigenvalue weighted by molar-refractivity contribution is -0.114. The first-order chi connectivity index (χ1) is 11.2. The summed E-state index contributed by atoms with van der Waals surface area (Å²) < 4.78 is 5.08. The van der Waals surface area contributed by atoms with E-state index in [1.165, 1.54) is 0 Å². The third-order valence-corrected chi connectivity index (χ3v) is 3.05. The van der Waals surface area contributed by atoms with Crippen LogP contribution in [-0.4, -0.2) is 25.0 Å². The Labute approximate surface area is 135 Å². The molecule has 0 unspecified atom stereocenters. The second-order valence-electron chi connectivity index (χ2n) is 4.98. The van der Waals surface area contributed by atoms with Crippen LogP contribution in [-0.2, 0) is 9.53 Å². The monoisotopic (exact) mass is 312 g/mol. The number of esters is 1. The molecule has 0 saturated heterocycles. The Hall–Kier alpha value is -2.82. The lowest BCUT2D eigenvalue weighted by Crippen LogP contribution is -2.21. The summed E-state index contributed by atoms with van der Waals surface area (Å²) >= 11 is 0. The molecule has 0 atom stereocenters. The van der Waals surface area contributed by atoms with Gasteiger partial charge in [-0.15, -0.1) is 0 Å². The molecule has 0 aromatic heterocycles. The van der Waals surface area contributed by atoms with Crippen molar-refractivity contribution >= 4 is 23.3 Å². The fourth-order valence-corrected chi connectivity index (χ4v) is 1.95. The molecule has 0 spiro atoms. The van der Waals surface area contributed by atoms with Crippen molar-refractivity contribution in [1.82, 2.24) is 0 Å². The predicted molar refractivity (Wildman–Crippen MR) is 90.6 cm³/mol. The molecule has 0 bridgehead atoms. The van der Waals surface area contributed by atoms with Crippen molar-refractivity contribution in [3.8, 4) is 0 Å². The van der Waals surface area contributed by atoms with Gasteiger partial charge in [0.2, 0.25) is 5.91 Å². The van der Waals surface area contributed by atoms with Crippen molar-refractivity contribution in [2.45, 2.75) is 13.3 Å². The molecule has 5 nitrogen and oxygen atoms in total. The Morgan fingerprint density at radius 3 is 2.48 bits per heavy atom. The number of hydrogen-bond donors (Lipinski definition) is 2. The predicted octanol–water partition coefficient (Wildman–Crippen LogP) is 3.30. The quantitative estimate of drug-likeness (QED) is 0.770. The highest BCUT2D eigenvalue weighted by Crippen LogP contribution is 2.12. The standard InChI is InChI=1S/C18H20N2O3/c1-2-11-23-18(22)14-7-6-10-16(12-14)20-17(21)13-19-15-8-4-3-5-9-15/h3-10,12,19H,2,11,13H2,1H3,(H,20,21). The van der Waals surface area contributed by atoms with E-state index < -0.39 is 0 Å². The Morgan fingerprint density at radius 1 is 1.00 bits per heavy atom. The van der Waals surface area contributed by atoms with Crippen LogP contribution < -0.4 is 10.6 Å². The van der Waals surface area contributed by atoms with E-state index in [1.807, 2.05) is 37.3 Å². The number of para-hydroxylation sites is 1. The summed E-state index contributed by atoms with van der Waals surface area (Å²) in [6, 6.07) is 16.2. The normalized spacial score (nSPS) is 9.96. The van der Waals surface area contributed by atoms with Crippen molar-refractivity contribution in [2.75, 3.05) is 23.8 Å². The molecule has 0 radical (unpaired) electrons. The summed E-state index contributed by atoms with van der Waals surface area (Å²) in [5.74, 6) is -0.571. The van der Waals surface area contributed by atoms with Gasteiger partial charge in [0.1, 0.15) is 0 Å². The van der Waals surface area contributed by atoms with Gasteiger partial charge in [0.05, 0.1) is 18.7 Å². The molecule has 0 aliphatic heterocycles. The lowest BCUT2D eigenvalue weighted by atomic mass is 10.2. The number of carbonyl (C=O) groups is 2. The van der Waals surface area contributed by atoms with Crippen molar-refractivity contribution in [3.05, 3.63) is 60.2 Å². The molecule has 5 heteroatoms. The fourth-order valence-electron chi connectivity index (χ4n) is 1.95. The van der Waals surface area contributed by atoms with Crippen LogP contribution in [0.5, 0.6) is 0 Å². The summed E-state index contributed by atoms with van der Waals surface area (Å²) in [5, 5.41) is 5.78. The highest BCUT2D eigenvalue weighted by atomic mass is 16.5. The molecule has 0 saturated carbocycles. The van der Waals surface area contributed by atoms with E-state index in [0.29, 0.717) is 17.9 Å². The fraction of sp³-hybridized carbons (Fsp3) is 0.222. The van der Waals surface area contributed by atoms with Crippen LogP contribution in [0, 0.1) is 0 Å². The van der Waals surface area contributed by atoms with E-state index in [0.717, 1.165) is 12.1 Å². The molecule has 2 aromatic rings. The van der Waals surface area contributed by atoms with Gasteiger partial charge in [-0.05, 0) is 36.8 Å². The average Bonchev–Trinajstić information content (AvgIpc) is 2.59. The molecule has 0 aliphatic carbocycles. The van der Waals surface area contributed by atoms with E-state index in [2.05, 4.69) is 10.6 Å². The van der Waals surface area contributed by atoms with E-state index in [9.17, 15) is 9.59 Å². The summed E-state index contributed by atoms with van der Waals surface area (Å²) in [7, 11) is 0. The van der Waals surface area contributed by atoms with Gasteiger partial charge in [-0.1, -0.05) is 31.2 Å². The molecule has 1 amide bonds. The highest BCUT2D eigenvalue weighted by molar-refractivity contribution is 5.96. The second-order valence-corrected chi connectivity index (χ2v) is 4.98. The Morgan fingerprint density at radius 2 is 1.74 bits per heavy atom. The van der Waals surface area contributed by atoms with Crippen molar-refractivity contribution in [2.24, 2.45) is 0 Å². The van der Waals surface area contributed by atoms with Gasteiger partial charge in [-0.3, -0.25) is 4.79 Å². The Balaban J connectivity index is 1.89. The molecule has 2 N–H and O–H groups in total. The van der Waals surface area contributed by atoms with Crippen LogP contribution >= 0.6 is 0 Å². The van der Waals surface area contributed by atoms with Crippen LogP contribution in [0.15, 0.2) is 54.6 Å². The molecular weight excluding hydrogens is 292 g/mol. The van der Waals surface area contributed by atoms with Crippen molar-refractivity contribution < 1.29 is 14.3 Å². The summed E-state index contributed by atoms with van der Waals surface area (Å²) in [6.45, 7) is 2.47. The summed E-state index contributed by atoms with van der Waals surface area (Å²) in [5.41, 5.74) is 1.86. The molecule has 2 aromatic carbocycles. The van der Waals surface area contributed by atoms with Crippen LogP contribution in [0.1, 0.15) is 23.7 Å². The van der Waals surface area contributed by atoms with Crippen LogP contribution in [0.3, 0.4) is 0 Å². The lowest BCUT2D eigenvalue weighted by Gasteiger charge is -2.09. The first-order valence-corrected chi connectivity index (χ1v) is 7.55. The molecule has 0 fully saturated rings. The van der Waals surface area contributed by atoms with Crippen LogP contribution in [0.4, 0.5) is 11.4 Å². The topological polar surface area (TPSA) is 67.4 Å². The first kappa shape index (κ1) is 16.5. The zero-order valence-corrected chi connectivity index (χ0v) is 13.0. The zero-order valence-electron chi connectivity index (χ0n) is 13.0. The number of amides is 1. The number of hydrogen-bond acceptors (Lipinski definition) is 4. The van der Waals surface area contributed by atoms with Gasteiger partial charge in [0.25, 0.3) is 0 Å². The minimum absolute atomic E-state index is 0.147. The van der Waals surface area contributed by atoms with Gasteiger partial charge in [-0.25, -0.2) is 4.79 Å². The largest absolute Gasteiger partial charge is 0.462 e. The minimum Gasteiger partial charge on any atom is -0.462 e. The SMILES string of the molecule is CCCOC(=O)c1cccc(NC(=O)CNc2ccccc2)c1. The van der Waals surface area contributed by atoms with E-state index in [4.69, 9.17) is 4.74 Å². The maximum Gasteiger partial charge on any atom is 0.338 e. The molecule has 23 heavy (non-hydrogen) atoms. The van der Waals surface area contributed by atoms with Gasteiger partial charge in [0.15, 0.2) is 0 Å².